The lowest BCUT2D eigenvalue weighted by molar-refractivity contribution is -0.117. The number of rotatable bonds is 8. The molecule has 1 aromatic carbocycles. The molecule has 0 bridgehead atoms. The fraction of sp³-hybridized carbons (Fsp3) is 0.562. The van der Waals surface area contributed by atoms with Crippen LogP contribution >= 0.6 is 0 Å². The molecule has 0 heterocycles. The Balaban J connectivity index is 2.46. The molecule has 1 aromatic rings. The van der Waals surface area contributed by atoms with Crippen molar-refractivity contribution < 1.29 is 9.53 Å². The van der Waals surface area contributed by atoms with Gasteiger partial charge in [-0.1, -0.05) is 13.8 Å². The van der Waals surface area contributed by atoms with Crippen LogP contribution in [0.25, 0.3) is 0 Å². The number of amides is 1. The number of ether oxygens (including phenoxy) is 1. The number of nitrogens with zero attached hydrogens (tertiary/aromatic N) is 1. The van der Waals surface area contributed by atoms with E-state index in [2.05, 4.69) is 19.2 Å². The van der Waals surface area contributed by atoms with Crippen LogP contribution in [0.2, 0.25) is 0 Å². The largest absolute Gasteiger partial charge is 0.494 e. The minimum atomic E-state index is -0.0329. The van der Waals surface area contributed by atoms with Crippen LogP contribution in [0.3, 0.4) is 0 Å². The Morgan fingerprint density at radius 2 is 1.95 bits per heavy atom. The van der Waals surface area contributed by atoms with Gasteiger partial charge in [0.15, 0.2) is 0 Å². The summed E-state index contributed by atoms with van der Waals surface area (Å²) < 4.78 is 5.36. The molecule has 0 aliphatic carbocycles. The number of hydrogen-bond donors (Lipinski definition) is 2. The Morgan fingerprint density at radius 3 is 2.48 bits per heavy atom. The SMILES string of the molecule is CCOc1ccc(NC(=O)CN(C)CC(C)(C)CN)cc1. The van der Waals surface area contributed by atoms with Gasteiger partial charge in [-0.3, -0.25) is 9.69 Å². The second-order valence-electron chi connectivity index (χ2n) is 6.05. The zero-order chi connectivity index (χ0) is 15.9. The number of nitrogens with one attached hydrogen (secondary N) is 1. The summed E-state index contributed by atoms with van der Waals surface area (Å²) in [4.78, 5) is 14.0. The number of nitrogens with two attached hydrogens (primary N) is 1. The van der Waals surface area contributed by atoms with E-state index in [0.29, 0.717) is 19.7 Å². The van der Waals surface area contributed by atoms with E-state index in [1.165, 1.54) is 0 Å². The van der Waals surface area contributed by atoms with E-state index >= 15 is 0 Å². The Labute approximate surface area is 127 Å². The van der Waals surface area contributed by atoms with Crippen LogP contribution in [0, 0.1) is 5.41 Å². The molecule has 0 spiro atoms. The van der Waals surface area contributed by atoms with Gasteiger partial charge in [-0.15, -0.1) is 0 Å². The predicted molar refractivity (Wildman–Crippen MR) is 86.6 cm³/mol. The molecule has 0 fully saturated rings. The van der Waals surface area contributed by atoms with Crippen molar-refractivity contribution in [3.05, 3.63) is 24.3 Å². The molecule has 0 atom stereocenters. The molecule has 0 saturated carbocycles. The molecule has 0 aliphatic rings. The summed E-state index contributed by atoms with van der Waals surface area (Å²) in [5.74, 6) is 0.770. The first-order chi connectivity index (χ1) is 9.86. The summed E-state index contributed by atoms with van der Waals surface area (Å²) in [7, 11) is 1.93. The van der Waals surface area contributed by atoms with Crippen LogP contribution in [-0.2, 0) is 4.79 Å². The van der Waals surface area contributed by atoms with E-state index in [-0.39, 0.29) is 11.3 Å². The highest BCUT2D eigenvalue weighted by Gasteiger charge is 2.19. The lowest BCUT2D eigenvalue weighted by Gasteiger charge is -2.28. The standard InChI is InChI=1S/C16H27N3O2/c1-5-21-14-8-6-13(7-9-14)18-15(20)10-19(4)12-16(2,3)11-17/h6-9H,5,10-12,17H2,1-4H3,(H,18,20). The quantitative estimate of drug-likeness (QED) is 0.768. The highest BCUT2D eigenvalue weighted by Crippen LogP contribution is 2.16. The summed E-state index contributed by atoms with van der Waals surface area (Å²) in [6.07, 6.45) is 0. The van der Waals surface area contributed by atoms with Crippen molar-refractivity contribution in [2.75, 3.05) is 38.6 Å². The maximum atomic E-state index is 12.0. The number of likely N-dealkylation sites (N-methyl/N-ethyl adjacent to an activating group) is 1. The van der Waals surface area contributed by atoms with Crippen LogP contribution in [0.5, 0.6) is 5.75 Å². The second kappa shape index (κ2) is 8.00. The van der Waals surface area contributed by atoms with Crippen LogP contribution in [-0.4, -0.2) is 44.1 Å². The highest BCUT2D eigenvalue weighted by atomic mass is 16.5. The minimum absolute atomic E-state index is 0.00810. The summed E-state index contributed by atoms with van der Waals surface area (Å²) in [6.45, 7) is 8.47. The van der Waals surface area contributed by atoms with Gasteiger partial charge in [0.25, 0.3) is 0 Å². The molecule has 118 valence electrons. The monoisotopic (exact) mass is 293 g/mol. The molecule has 21 heavy (non-hydrogen) atoms. The van der Waals surface area contributed by atoms with E-state index in [1.54, 1.807) is 0 Å². The molecule has 0 unspecified atom stereocenters. The van der Waals surface area contributed by atoms with Crippen molar-refractivity contribution >= 4 is 11.6 Å². The van der Waals surface area contributed by atoms with Crippen molar-refractivity contribution in [2.45, 2.75) is 20.8 Å². The van der Waals surface area contributed by atoms with E-state index in [0.717, 1.165) is 18.0 Å². The van der Waals surface area contributed by atoms with Crippen LogP contribution < -0.4 is 15.8 Å². The maximum absolute atomic E-state index is 12.0. The van der Waals surface area contributed by atoms with E-state index in [4.69, 9.17) is 10.5 Å². The first kappa shape index (κ1) is 17.5. The van der Waals surface area contributed by atoms with Gasteiger partial charge in [0.1, 0.15) is 5.75 Å². The number of anilines is 1. The highest BCUT2D eigenvalue weighted by molar-refractivity contribution is 5.92. The van der Waals surface area contributed by atoms with Gasteiger partial charge in [0.2, 0.25) is 5.91 Å². The third kappa shape index (κ3) is 6.60. The summed E-state index contributed by atoms with van der Waals surface area (Å²) in [5.41, 5.74) is 6.49. The summed E-state index contributed by atoms with van der Waals surface area (Å²) in [5, 5.41) is 2.88. The third-order valence-corrected chi connectivity index (χ3v) is 3.11. The van der Waals surface area contributed by atoms with Gasteiger partial charge in [-0.05, 0) is 50.2 Å². The smallest absolute Gasteiger partial charge is 0.238 e. The Bertz CT molecular complexity index is 443. The molecule has 5 nitrogen and oxygen atoms in total. The molecule has 3 N–H and O–H groups in total. The lowest BCUT2D eigenvalue weighted by Crippen LogP contribution is -2.40. The molecular weight excluding hydrogens is 266 g/mol. The van der Waals surface area contributed by atoms with Crippen molar-refractivity contribution in [3.63, 3.8) is 0 Å². The Morgan fingerprint density at radius 1 is 1.33 bits per heavy atom. The normalized spacial score (nSPS) is 11.5. The zero-order valence-electron chi connectivity index (χ0n) is 13.5. The molecule has 0 aromatic heterocycles. The summed E-state index contributed by atoms with van der Waals surface area (Å²) in [6, 6.07) is 7.38. The van der Waals surface area contributed by atoms with Crippen molar-refractivity contribution in [1.29, 1.82) is 0 Å². The number of carbonyl (C=O) groups is 1. The average Bonchev–Trinajstić information content (AvgIpc) is 2.40. The number of carbonyl (C=O) groups excluding carboxylic acids is 1. The van der Waals surface area contributed by atoms with Crippen molar-refractivity contribution in [1.82, 2.24) is 4.90 Å². The average molecular weight is 293 g/mol. The van der Waals surface area contributed by atoms with Crippen LogP contribution in [0.4, 0.5) is 5.69 Å². The Kier molecular flexibility index (Phi) is 6.65. The zero-order valence-corrected chi connectivity index (χ0v) is 13.5. The molecule has 0 aliphatic heterocycles. The fourth-order valence-electron chi connectivity index (χ4n) is 2.10. The third-order valence-electron chi connectivity index (χ3n) is 3.11. The molecule has 0 saturated heterocycles. The van der Waals surface area contributed by atoms with Gasteiger partial charge in [0, 0.05) is 12.2 Å². The van der Waals surface area contributed by atoms with E-state index in [9.17, 15) is 4.79 Å². The predicted octanol–water partition coefficient (Wildman–Crippen LogP) is 1.94. The molecule has 1 amide bonds. The van der Waals surface area contributed by atoms with E-state index in [1.807, 2.05) is 43.1 Å². The molecule has 0 radical (unpaired) electrons. The van der Waals surface area contributed by atoms with Crippen molar-refractivity contribution in [3.8, 4) is 5.75 Å². The van der Waals surface area contributed by atoms with Gasteiger partial charge < -0.3 is 15.8 Å². The number of hydrogen-bond acceptors (Lipinski definition) is 4. The molecule has 1 rings (SSSR count). The molecular formula is C16H27N3O2. The van der Waals surface area contributed by atoms with Crippen LogP contribution in [0.1, 0.15) is 20.8 Å². The van der Waals surface area contributed by atoms with Gasteiger partial charge in [-0.25, -0.2) is 0 Å². The first-order valence-electron chi connectivity index (χ1n) is 7.27. The first-order valence-corrected chi connectivity index (χ1v) is 7.27. The molecule has 5 heteroatoms. The van der Waals surface area contributed by atoms with Gasteiger partial charge in [0.05, 0.1) is 13.2 Å². The van der Waals surface area contributed by atoms with Gasteiger partial charge >= 0.3 is 0 Å². The second-order valence-corrected chi connectivity index (χ2v) is 6.05. The van der Waals surface area contributed by atoms with Gasteiger partial charge in [-0.2, -0.15) is 0 Å². The maximum Gasteiger partial charge on any atom is 0.238 e. The Hall–Kier alpha value is -1.59. The minimum Gasteiger partial charge on any atom is -0.494 e. The number of benzene rings is 1. The topological polar surface area (TPSA) is 67.6 Å². The van der Waals surface area contributed by atoms with Crippen molar-refractivity contribution in [2.24, 2.45) is 11.1 Å². The lowest BCUT2D eigenvalue weighted by atomic mass is 9.93. The van der Waals surface area contributed by atoms with E-state index < -0.39 is 0 Å². The van der Waals surface area contributed by atoms with Crippen LogP contribution in [0.15, 0.2) is 24.3 Å². The fourth-order valence-corrected chi connectivity index (χ4v) is 2.10. The summed E-state index contributed by atoms with van der Waals surface area (Å²) >= 11 is 0.